The number of para-hydroxylation sites is 1. The van der Waals surface area contributed by atoms with E-state index in [0.717, 1.165) is 24.9 Å². The van der Waals surface area contributed by atoms with Gasteiger partial charge in [-0.15, -0.1) is 0 Å². The highest BCUT2D eigenvalue weighted by atomic mass is 19.1. The first-order chi connectivity index (χ1) is 6.67. The maximum atomic E-state index is 13.4. The first-order valence-corrected chi connectivity index (χ1v) is 5.20. The summed E-state index contributed by atoms with van der Waals surface area (Å²) in [4.78, 5) is 0. The predicted molar refractivity (Wildman–Crippen MR) is 57.1 cm³/mol. The molecule has 1 atom stereocenters. The second-order valence-electron chi connectivity index (χ2n) is 4.33. The minimum Gasteiger partial charge on any atom is -0.382 e. The highest BCUT2D eigenvalue weighted by Gasteiger charge is 2.34. The van der Waals surface area contributed by atoms with Gasteiger partial charge in [-0.1, -0.05) is 32.4 Å². The number of hydrogen-bond donors (Lipinski definition) is 1. The van der Waals surface area contributed by atoms with Crippen molar-refractivity contribution in [1.82, 2.24) is 0 Å². The molecule has 1 aromatic rings. The molecule has 1 N–H and O–H groups in total. The van der Waals surface area contributed by atoms with Gasteiger partial charge in [0.05, 0.1) is 5.69 Å². The van der Waals surface area contributed by atoms with Gasteiger partial charge >= 0.3 is 0 Å². The molecule has 1 unspecified atom stereocenters. The van der Waals surface area contributed by atoms with E-state index < -0.39 is 0 Å². The van der Waals surface area contributed by atoms with Crippen molar-refractivity contribution in [2.75, 3.05) is 11.9 Å². The standard InChI is InChI=1S/C12H16FN/c1-3-7-12(2)8-14-11-9(12)5-4-6-10(11)13/h4-6,14H,3,7-8H2,1-2H3. The Kier molecular flexibility index (Phi) is 2.22. The van der Waals surface area contributed by atoms with Gasteiger partial charge in [-0.05, 0) is 18.1 Å². The summed E-state index contributed by atoms with van der Waals surface area (Å²) in [6.45, 7) is 5.23. The second kappa shape index (κ2) is 3.26. The van der Waals surface area contributed by atoms with Crippen LogP contribution in [-0.4, -0.2) is 6.54 Å². The lowest BCUT2D eigenvalue weighted by molar-refractivity contribution is 0.471. The monoisotopic (exact) mass is 193 g/mol. The summed E-state index contributed by atoms with van der Waals surface area (Å²) in [7, 11) is 0. The van der Waals surface area contributed by atoms with E-state index in [-0.39, 0.29) is 11.2 Å². The second-order valence-corrected chi connectivity index (χ2v) is 4.33. The minimum absolute atomic E-state index is 0.117. The van der Waals surface area contributed by atoms with Gasteiger partial charge in [-0.2, -0.15) is 0 Å². The molecule has 2 heteroatoms. The number of rotatable bonds is 2. The Morgan fingerprint density at radius 3 is 3.00 bits per heavy atom. The van der Waals surface area contributed by atoms with E-state index >= 15 is 0 Å². The average Bonchev–Trinajstić information content (AvgIpc) is 2.47. The SMILES string of the molecule is CCCC1(C)CNc2c(F)cccc21. The van der Waals surface area contributed by atoms with E-state index in [9.17, 15) is 4.39 Å². The lowest BCUT2D eigenvalue weighted by Gasteiger charge is -2.23. The predicted octanol–water partition coefficient (Wildman–Crippen LogP) is 3.31. The minimum atomic E-state index is -0.123. The van der Waals surface area contributed by atoms with E-state index in [1.807, 2.05) is 6.07 Å². The fourth-order valence-electron chi connectivity index (χ4n) is 2.36. The molecular formula is C12H16FN. The topological polar surface area (TPSA) is 12.0 Å². The maximum absolute atomic E-state index is 13.4. The van der Waals surface area contributed by atoms with Crippen LogP contribution in [0.2, 0.25) is 0 Å². The first-order valence-electron chi connectivity index (χ1n) is 5.20. The first kappa shape index (κ1) is 9.50. The highest BCUT2D eigenvalue weighted by molar-refractivity contribution is 5.60. The smallest absolute Gasteiger partial charge is 0.146 e. The van der Waals surface area contributed by atoms with E-state index in [1.165, 1.54) is 6.07 Å². The van der Waals surface area contributed by atoms with Crippen molar-refractivity contribution < 1.29 is 4.39 Å². The zero-order valence-corrected chi connectivity index (χ0v) is 8.73. The van der Waals surface area contributed by atoms with Gasteiger partial charge in [0.15, 0.2) is 0 Å². The van der Waals surface area contributed by atoms with Gasteiger partial charge in [0.25, 0.3) is 0 Å². The molecule has 0 saturated heterocycles. The summed E-state index contributed by atoms with van der Waals surface area (Å²) in [6.07, 6.45) is 2.24. The summed E-state index contributed by atoms with van der Waals surface area (Å²) in [5.41, 5.74) is 1.97. The van der Waals surface area contributed by atoms with Crippen molar-refractivity contribution >= 4 is 5.69 Å². The van der Waals surface area contributed by atoms with E-state index in [0.29, 0.717) is 5.69 Å². The summed E-state index contributed by atoms with van der Waals surface area (Å²) in [5.74, 6) is -0.123. The van der Waals surface area contributed by atoms with Gasteiger partial charge in [0, 0.05) is 12.0 Å². The van der Waals surface area contributed by atoms with Crippen molar-refractivity contribution in [1.29, 1.82) is 0 Å². The molecule has 1 heterocycles. The molecule has 14 heavy (non-hydrogen) atoms. The molecule has 2 rings (SSSR count). The van der Waals surface area contributed by atoms with Crippen LogP contribution in [-0.2, 0) is 5.41 Å². The average molecular weight is 193 g/mol. The van der Waals surface area contributed by atoms with Gasteiger partial charge in [0.2, 0.25) is 0 Å². The Morgan fingerprint density at radius 1 is 1.50 bits per heavy atom. The lowest BCUT2D eigenvalue weighted by Crippen LogP contribution is -2.23. The Bertz CT molecular complexity index is 348. The Labute approximate surface area is 84.3 Å². The van der Waals surface area contributed by atoms with Crippen molar-refractivity contribution in [3.05, 3.63) is 29.6 Å². The Morgan fingerprint density at radius 2 is 2.29 bits per heavy atom. The van der Waals surface area contributed by atoms with Gasteiger partial charge in [0.1, 0.15) is 5.82 Å². The van der Waals surface area contributed by atoms with Crippen LogP contribution in [0.25, 0.3) is 0 Å². The molecule has 0 fully saturated rings. The third-order valence-electron chi connectivity index (χ3n) is 3.12. The molecule has 0 aliphatic carbocycles. The van der Waals surface area contributed by atoms with Crippen LogP contribution in [0.4, 0.5) is 10.1 Å². The van der Waals surface area contributed by atoms with Crippen LogP contribution in [0.15, 0.2) is 18.2 Å². The fraction of sp³-hybridized carbons (Fsp3) is 0.500. The molecular weight excluding hydrogens is 177 g/mol. The molecule has 0 saturated carbocycles. The molecule has 1 aliphatic rings. The third kappa shape index (κ3) is 1.29. The van der Waals surface area contributed by atoms with Crippen LogP contribution >= 0.6 is 0 Å². The molecule has 1 nitrogen and oxygen atoms in total. The van der Waals surface area contributed by atoms with Crippen molar-refractivity contribution in [2.24, 2.45) is 0 Å². The Balaban J connectivity index is 2.44. The molecule has 76 valence electrons. The summed E-state index contributed by atoms with van der Waals surface area (Å²) >= 11 is 0. The molecule has 0 aromatic heterocycles. The van der Waals surface area contributed by atoms with Crippen LogP contribution in [0, 0.1) is 5.82 Å². The van der Waals surface area contributed by atoms with Crippen LogP contribution in [0.3, 0.4) is 0 Å². The van der Waals surface area contributed by atoms with Gasteiger partial charge < -0.3 is 5.32 Å². The number of nitrogens with one attached hydrogen (secondary N) is 1. The van der Waals surface area contributed by atoms with Crippen LogP contribution in [0.1, 0.15) is 32.3 Å². The molecule has 0 bridgehead atoms. The number of anilines is 1. The van der Waals surface area contributed by atoms with E-state index in [2.05, 4.69) is 19.2 Å². The third-order valence-corrected chi connectivity index (χ3v) is 3.12. The van der Waals surface area contributed by atoms with Crippen LogP contribution in [0.5, 0.6) is 0 Å². The number of halogens is 1. The molecule has 1 aromatic carbocycles. The number of hydrogen-bond acceptors (Lipinski definition) is 1. The van der Waals surface area contributed by atoms with Crippen molar-refractivity contribution in [3.63, 3.8) is 0 Å². The molecule has 0 amide bonds. The normalized spacial score (nSPS) is 24.5. The zero-order chi connectivity index (χ0) is 10.2. The lowest BCUT2D eigenvalue weighted by atomic mass is 9.80. The highest BCUT2D eigenvalue weighted by Crippen LogP contribution is 2.40. The van der Waals surface area contributed by atoms with Gasteiger partial charge in [-0.3, -0.25) is 0 Å². The summed E-state index contributed by atoms with van der Waals surface area (Å²) < 4.78 is 13.4. The quantitative estimate of drug-likeness (QED) is 0.759. The van der Waals surface area contributed by atoms with Gasteiger partial charge in [-0.25, -0.2) is 4.39 Å². The molecule has 1 aliphatic heterocycles. The summed E-state index contributed by atoms with van der Waals surface area (Å²) in [6, 6.07) is 5.35. The van der Waals surface area contributed by atoms with Crippen molar-refractivity contribution in [3.8, 4) is 0 Å². The maximum Gasteiger partial charge on any atom is 0.146 e. The summed E-state index contributed by atoms with van der Waals surface area (Å²) in [5, 5.41) is 3.17. The zero-order valence-electron chi connectivity index (χ0n) is 8.73. The molecule has 0 spiro atoms. The van der Waals surface area contributed by atoms with Crippen molar-refractivity contribution in [2.45, 2.75) is 32.1 Å². The van der Waals surface area contributed by atoms with Crippen LogP contribution < -0.4 is 5.32 Å². The van der Waals surface area contributed by atoms with E-state index in [4.69, 9.17) is 0 Å². The Hall–Kier alpha value is -1.05. The number of fused-ring (bicyclic) bond motifs is 1. The van der Waals surface area contributed by atoms with E-state index in [1.54, 1.807) is 6.07 Å². The molecule has 0 radical (unpaired) electrons. The number of benzene rings is 1. The fourth-order valence-corrected chi connectivity index (χ4v) is 2.36. The largest absolute Gasteiger partial charge is 0.382 e.